The van der Waals surface area contributed by atoms with E-state index in [1.165, 1.54) is 4.57 Å². The molecule has 1 N–H and O–H groups in total. The lowest BCUT2D eigenvalue weighted by Gasteiger charge is -2.18. The van der Waals surface area contributed by atoms with E-state index in [-0.39, 0.29) is 11.6 Å². The van der Waals surface area contributed by atoms with E-state index < -0.39 is 11.4 Å². The van der Waals surface area contributed by atoms with Crippen LogP contribution in [0.1, 0.15) is 35.1 Å². The van der Waals surface area contributed by atoms with E-state index >= 15 is 0 Å². The zero-order valence-corrected chi connectivity index (χ0v) is 14.2. The Kier molecular flexibility index (Phi) is 3.44. The molecule has 126 valence electrons. The Morgan fingerprint density at radius 3 is 2.76 bits per heavy atom. The smallest absolute Gasteiger partial charge is 0.315 e. The molecular weight excluding hydrogens is 340 g/mol. The SMILES string of the molecule is Cc1c(/C=C/c2ccc(Cl)cc2)nc2n(c1=O)C1CC1(C(=O)O)C=C2. The van der Waals surface area contributed by atoms with Gasteiger partial charge in [0.1, 0.15) is 11.2 Å². The van der Waals surface area contributed by atoms with Crippen LogP contribution in [0.4, 0.5) is 0 Å². The quantitative estimate of drug-likeness (QED) is 0.916. The first-order valence-corrected chi connectivity index (χ1v) is 8.29. The minimum absolute atomic E-state index is 0.182. The average Bonchev–Trinajstić information content (AvgIpc) is 3.34. The normalized spacial score (nSPS) is 23.4. The predicted octanol–water partition coefficient (Wildman–Crippen LogP) is 3.42. The standard InChI is InChI=1S/C19H15ClN2O3/c1-11-14(7-4-12-2-5-13(20)6-3-12)21-16-8-9-19(18(24)25)10-15(19)22(16)17(11)23/h2-9,15H,10H2,1H3,(H,24,25)/b7-4+. The van der Waals surface area contributed by atoms with Gasteiger partial charge in [-0.25, -0.2) is 4.98 Å². The molecule has 4 rings (SSSR count). The Balaban J connectivity index is 1.74. The molecule has 0 saturated heterocycles. The highest BCUT2D eigenvalue weighted by molar-refractivity contribution is 6.30. The molecule has 0 bridgehead atoms. The predicted molar refractivity (Wildman–Crippen MR) is 96.4 cm³/mol. The second-order valence-corrected chi connectivity index (χ2v) is 6.88. The van der Waals surface area contributed by atoms with Crippen molar-refractivity contribution in [1.29, 1.82) is 0 Å². The Bertz CT molecular complexity index is 1000. The molecule has 1 aromatic heterocycles. The van der Waals surface area contributed by atoms with Gasteiger partial charge in [-0.05, 0) is 43.2 Å². The van der Waals surface area contributed by atoms with Crippen molar-refractivity contribution in [3.05, 3.63) is 68.4 Å². The van der Waals surface area contributed by atoms with Gasteiger partial charge in [0.15, 0.2) is 0 Å². The Morgan fingerprint density at radius 2 is 2.08 bits per heavy atom. The molecule has 1 aliphatic carbocycles. The highest BCUT2D eigenvalue weighted by atomic mass is 35.5. The van der Waals surface area contributed by atoms with Gasteiger partial charge >= 0.3 is 5.97 Å². The molecule has 25 heavy (non-hydrogen) atoms. The fraction of sp³-hybridized carbons (Fsp3) is 0.211. The first kappa shape index (κ1) is 15.8. The molecule has 1 aliphatic heterocycles. The minimum atomic E-state index is -0.939. The van der Waals surface area contributed by atoms with E-state index in [9.17, 15) is 14.7 Å². The van der Waals surface area contributed by atoms with Crippen LogP contribution in [0.2, 0.25) is 5.02 Å². The van der Waals surface area contributed by atoms with E-state index in [4.69, 9.17) is 11.6 Å². The molecule has 0 radical (unpaired) electrons. The third kappa shape index (κ3) is 2.43. The Morgan fingerprint density at radius 1 is 1.36 bits per heavy atom. The van der Waals surface area contributed by atoms with Crippen molar-refractivity contribution < 1.29 is 9.90 Å². The fourth-order valence-corrected chi connectivity index (χ4v) is 3.40. The van der Waals surface area contributed by atoms with Crippen LogP contribution in [-0.2, 0) is 4.79 Å². The second kappa shape index (κ2) is 5.43. The first-order chi connectivity index (χ1) is 11.9. The third-order valence-corrected chi connectivity index (χ3v) is 5.17. The number of hydrogen-bond acceptors (Lipinski definition) is 3. The first-order valence-electron chi connectivity index (χ1n) is 7.92. The summed E-state index contributed by atoms with van der Waals surface area (Å²) in [4.78, 5) is 28.7. The molecule has 2 heterocycles. The van der Waals surface area contributed by atoms with Gasteiger partial charge in [0, 0.05) is 10.6 Å². The van der Waals surface area contributed by atoms with Crippen molar-refractivity contribution in [2.75, 3.05) is 0 Å². The highest BCUT2D eigenvalue weighted by Gasteiger charge is 2.62. The summed E-state index contributed by atoms with van der Waals surface area (Å²) in [6.45, 7) is 1.72. The number of rotatable bonds is 3. The van der Waals surface area contributed by atoms with Crippen molar-refractivity contribution in [2.24, 2.45) is 5.41 Å². The van der Waals surface area contributed by atoms with Gasteiger partial charge in [0.2, 0.25) is 0 Å². The summed E-state index contributed by atoms with van der Waals surface area (Å²) in [6, 6.07) is 7.02. The molecule has 0 spiro atoms. The van der Waals surface area contributed by atoms with Gasteiger partial charge < -0.3 is 5.11 Å². The maximum Gasteiger partial charge on any atom is 0.315 e. The van der Waals surface area contributed by atoms with Crippen LogP contribution in [0.3, 0.4) is 0 Å². The van der Waals surface area contributed by atoms with Gasteiger partial charge in [-0.15, -0.1) is 0 Å². The molecule has 2 atom stereocenters. The van der Waals surface area contributed by atoms with Crippen molar-refractivity contribution in [2.45, 2.75) is 19.4 Å². The van der Waals surface area contributed by atoms with Crippen molar-refractivity contribution in [3.8, 4) is 0 Å². The van der Waals surface area contributed by atoms with Crippen molar-refractivity contribution in [1.82, 2.24) is 9.55 Å². The molecule has 1 aromatic carbocycles. The Hall–Kier alpha value is -2.66. The molecule has 1 fully saturated rings. The monoisotopic (exact) mass is 354 g/mol. The van der Waals surface area contributed by atoms with Crippen LogP contribution in [0.25, 0.3) is 18.2 Å². The number of hydrogen-bond donors (Lipinski definition) is 1. The number of halogens is 1. The number of carbonyl (C=O) groups is 1. The van der Waals surface area contributed by atoms with E-state index in [2.05, 4.69) is 4.98 Å². The number of nitrogens with zero attached hydrogens (tertiary/aromatic N) is 2. The molecule has 1 saturated carbocycles. The van der Waals surface area contributed by atoms with E-state index in [0.717, 1.165) is 5.56 Å². The molecular formula is C19H15ClN2O3. The van der Waals surface area contributed by atoms with Gasteiger partial charge in [-0.3, -0.25) is 14.2 Å². The largest absolute Gasteiger partial charge is 0.481 e. The molecule has 0 amide bonds. The molecule has 2 aliphatic rings. The summed E-state index contributed by atoms with van der Waals surface area (Å²) in [7, 11) is 0. The van der Waals surface area contributed by atoms with E-state index in [0.29, 0.717) is 28.5 Å². The van der Waals surface area contributed by atoms with Crippen molar-refractivity contribution >= 4 is 35.8 Å². The van der Waals surface area contributed by atoms with Crippen molar-refractivity contribution in [3.63, 3.8) is 0 Å². The van der Waals surface area contributed by atoms with Crippen LogP contribution in [-0.4, -0.2) is 20.6 Å². The maximum absolute atomic E-state index is 12.7. The zero-order valence-electron chi connectivity index (χ0n) is 13.4. The summed E-state index contributed by atoms with van der Waals surface area (Å²) in [5, 5.41) is 10.1. The molecule has 2 unspecified atom stereocenters. The van der Waals surface area contributed by atoms with E-state index in [1.807, 2.05) is 18.2 Å². The van der Waals surface area contributed by atoms with Crippen LogP contribution in [0.5, 0.6) is 0 Å². The van der Waals surface area contributed by atoms with Gasteiger partial charge in [-0.1, -0.05) is 35.9 Å². The average molecular weight is 355 g/mol. The number of aliphatic carboxylic acids is 1. The lowest BCUT2D eigenvalue weighted by atomic mass is 10.0. The topological polar surface area (TPSA) is 72.2 Å². The summed E-state index contributed by atoms with van der Waals surface area (Å²) in [5.74, 6) is -0.388. The summed E-state index contributed by atoms with van der Waals surface area (Å²) >= 11 is 5.88. The van der Waals surface area contributed by atoms with Gasteiger partial charge in [-0.2, -0.15) is 0 Å². The number of carboxylic acids is 1. The number of benzene rings is 1. The summed E-state index contributed by atoms with van der Waals surface area (Å²) in [6.07, 6.45) is 7.39. The van der Waals surface area contributed by atoms with E-state index in [1.54, 1.807) is 37.3 Å². The van der Waals surface area contributed by atoms with Crippen LogP contribution in [0.15, 0.2) is 35.1 Å². The number of aromatic nitrogens is 2. The number of fused-ring (bicyclic) bond motifs is 3. The Labute approximate surface area is 148 Å². The molecule has 5 nitrogen and oxygen atoms in total. The van der Waals surface area contributed by atoms with Crippen LogP contribution < -0.4 is 5.56 Å². The number of carboxylic acid groups (broad SMARTS) is 1. The molecule has 2 aromatic rings. The molecule has 6 heteroatoms. The summed E-state index contributed by atoms with van der Waals surface area (Å²) < 4.78 is 1.52. The van der Waals surface area contributed by atoms with Gasteiger partial charge in [0.25, 0.3) is 5.56 Å². The summed E-state index contributed by atoms with van der Waals surface area (Å²) in [5.41, 5.74) is 0.921. The van der Waals surface area contributed by atoms with Crippen LogP contribution in [0, 0.1) is 12.3 Å². The highest BCUT2D eigenvalue weighted by Crippen LogP contribution is 2.59. The van der Waals surface area contributed by atoms with Gasteiger partial charge in [0.05, 0.1) is 11.7 Å². The fourth-order valence-electron chi connectivity index (χ4n) is 3.27. The zero-order chi connectivity index (χ0) is 17.8. The maximum atomic E-state index is 12.7. The lowest BCUT2D eigenvalue weighted by Crippen LogP contribution is -2.31. The second-order valence-electron chi connectivity index (χ2n) is 6.44. The third-order valence-electron chi connectivity index (χ3n) is 4.91. The van der Waals surface area contributed by atoms with Crippen LogP contribution >= 0.6 is 11.6 Å². The lowest BCUT2D eigenvalue weighted by molar-refractivity contribution is -0.141. The minimum Gasteiger partial charge on any atom is -0.481 e.